The molecule has 0 aliphatic carbocycles. The van der Waals surface area contributed by atoms with Crippen LogP contribution in [-0.4, -0.2) is 22.1 Å². The number of amides is 1. The van der Waals surface area contributed by atoms with E-state index in [2.05, 4.69) is 5.10 Å². The molecule has 4 nitrogen and oxygen atoms in total. The maximum atomic E-state index is 12.2. The molecular formula is C7H9F2N3O. The predicted octanol–water partition coefficient (Wildman–Crippen LogP) is 0.808. The van der Waals surface area contributed by atoms with Crippen LogP contribution in [0.3, 0.4) is 0 Å². The number of alkyl halides is 2. The van der Waals surface area contributed by atoms with Gasteiger partial charge in [0.15, 0.2) is 0 Å². The molecular weight excluding hydrogens is 180 g/mol. The SMILES string of the molecule is C[C@@H](C(F)F)n1nccc1C(N)=O. The molecule has 1 amide bonds. The first-order valence-corrected chi connectivity index (χ1v) is 3.65. The van der Waals surface area contributed by atoms with Gasteiger partial charge in [0, 0.05) is 6.20 Å². The minimum atomic E-state index is -2.57. The molecule has 0 unspecified atom stereocenters. The Hall–Kier alpha value is -1.46. The third-order valence-corrected chi connectivity index (χ3v) is 1.67. The highest BCUT2D eigenvalue weighted by Gasteiger charge is 2.21. The van der Waals surface area contributed by atoms with E-state index in [0.717, 1.165) is 4.68 Å². The van der Waals surface area contributed by atoms with Crippen LogP contribution in [0.2, 0.25) is 0 Å². The molecule has 0 saturated carbocycles. The summed E-state index contributed by atoms with van der Waals surface area (Å²) >= 11 is 0. The molecule has 1 rings (SSSR count). The van der Waals surface area contributed by atoms with Crippen LogP contribution in [0.15, 0.2) is 12.3 Å². The molecule has 6 heteroatoms. The molecule has 1 atom stereocenters. The highest BCUT2D eigenvalue weighted by Crippen LogP contribution is 2.16. The first-order chi connectivity index (χ1) is 6.04. The van der Waals surface area contributed by atoms with Crippen LogP contribution < -0.4 is 5.73 Å². The first-order valence-electron chi connectivity index (χ1n) is 3.65. The molecule has 1 heterocycles. The van der Waals surface area contributed by atoms with Crippen molar-refractivity contribution in [2.75, 3.05) is 0 Å². The lowest BCUT2D eigenvalue weighted by Gasteiger charge is -2.12. The Labute approximate surface area is 73.3 Å². The number of hydrogen-bond donors (Lipinski definition) is 1. The molecule has 0 saturated heterocycles. The van der Waals surface area contributed by atoms with Crippen molar-refractivity contribution in [3.8, 4) is 0 Å². The Balaban J connectivity index is 3.00. The lowest BCUT2D eigenvalue weighted by Crippen LogP contribution is -2.23. The average molecular weight is 189 g/mol. The number of carbonyl (C=O) groups excluding carboxylic acids is 1. The molecule has 1 aromatic heterocycles. The van der Waals surface area contributed by atoms with Gasteiger partial charge in [0.25, 0.3) is 12.3 Å². The van der Waals surface area contributed by atoms with E-state index >= 15 is 0 Å². The van der Waals surface area contributed by atoms with Crippen molar-refractivity contribution in [1.29, 1.82) is 0 Å². The van der Waals surface area contributed by atoms with Crippen LogP contribution in [0.25, 0.3) is 0 Å². The van der Waals surface area contributed by atoms with Crippen LogP contribution in [-0.2, 0) is 0 Å². The molecule has 13 heavy (non-hydrogen) atoms. The summed E-state index contributed by atoms with van der Waals surface area (Å²) in [5.41, 5.74) is 4.95. The summed E-state index contributed by atoms with van der Waals surface area (Å²) in [5, 5.41) is 3.59. The number of rotatable bonds is 3. The van der Waals surface area contributed by atoms with Gasteiger partial charge in [-0.05, 0) is 13.0 Å². The van der Waals surface area contributed by atoms with Crippen molar-refractivity contribution in [3.05, 3.63) is 18.0 Å². The molecule has 0 aromatic carbocycles. The van der Waals surface area contributed by atoms with Crippen molar-refractivity contribution in [1.82, 2.24) is 9.78 Å². The van der Waals surface area contributed by atoms with E-state index in [9.17, 15) is 13.6 Å². The fraction of sp³-hybridized carbons (Fsp3) is 0.429. The summed E-state index contributed by atoms with van der Waals surface area (Å²) in [7, 11) is 0. The van der Waals surface area contributed by atoms with Gasteiger partial charge in [0.2, 0.25) is 0 Å². The molecule has 0 radical (unpaired) electrons. The van der Waals surface area contributed by atoms with Crippen LogP contribution in [0, 0.1) is 0 Å². The predicted molar refractivity (Wildman–Crippen MR) is 41.5 cm³/mol. The van der Waals surface area contributed by atoms with Crippen LogP contribution in [0.4, 0.5) is 8.78 Å². The Bertz CT molecular complexity index is 310. The van der Waals surface area contributed by atoms with Gasteiger partial charge in [-0.25, -0.2) is 8.78 Å². The van der Waals surface area contributed by atoms with E-state index < -0.39 is 18.4 Å². The third-order valence-electron chi connectivity index (χ3n) is 1.67. The van der Waals surface area contributed by atoms with E-state index in [1.54, 1.807) is 0 Å². The minimum Gasteiger partial charge on any atom is -0.364 e. The molecule has 72 valence electrons. The summed E-state index contributed by atoms with van der Waals surface area (Å²) in [6, 6.07) is 0.166. The van der Waals surface area contributed by atoms with Gasteiger partial charge in [0.05, 0.1) is 0 Å². The van der Waals surface area contributed by atoms with E-state index in [-0.39, 0.29) is 5.69 Å². The first kappa shape index (κ1) is 9.63. The highest BCUT2D eigenvalue weighted by molar-refractivity contribution is 5.90. The lowest BCUT2D eigenvalue weighted by atomic mass is 10.3. The third kappa shape index (κ3) is 1.82. The van der Waals surface area contributed by atoms with Crippen LogP contribution >= 0.6 is 0 Å². The summed E-state index contributed by atoms with van der Waals surface area (Å²) in [6.45, 7) is 1.27. The van der Waals surface area contributed by atoms with Gasteiger partial charge < -0.3 is 5.73 Å². The van der Waals surface area contributed by atoms with E-state index in [0.29, 0.717) is 0 Å². The fourth-order valence-electron chi connectivity index (χ4n) is 0.941. The van der Waals surface area contributed by atoms with Gasteiger partial charge in [-0.15, -0.1) is 0 Å². The van der Waals surface area contributed by atoms with Gasteiger partial charge in [-0.1, -0.05) is 0 Å². The molecule has 0 aliphatic rings. The Morgan fingerprint density at radius 1 is 1.69 bits per heavy atom. The molecule has 1 aromatic rings. The topological polar surface area (TPSA) is 60.9 Å². The minimum absolute atomic E-state index is 0.00667. The summed E-state index contributed by atoms with van der Waals surface area (Å²) < 4.78 is 25.4. The van der Waals surface area contributed by atoms with Gasteiger partial charge in [-0.3, -0.25) is 9.48 Å². The lowest BCUT2D eigenvalue weighted by molar-refractivity contribution is 0.0809. The number of primary amides is 1. The van der Waals surface area contributed by atoms with Gasteiger partial charge in [-0.2, -0.15) is 5.10 Å². The number of hydrogen-bond acceptors (Lipinski definition) is 2. The summed E-state index contributed by atoms with van der Waals surface area (Å²) in [6.07, 6.45) is -1.31. The zero-order valence-electron chi connectivity index (χ0n) is 6.95. The Kier molecular flexibility index (Phi) is 2.60. The largest absolute Gasteiger partial charge is 0.364 e. The number of aromatic nitrogens is 2. The standard InChI is InChI=1S/C7H9F2N3O/c1-4(6(8)9)12-5(7(10)13)2-3-11-12/h2-4,6H,1H3,(H2,10,13)/t4-/m0/s1. The second-order valence-corrected chi connectivity index (χ2v) is 2.60. The maximum Gasteiger partial charge on any atom is 0.266 e. The second-order valence-electron chi connectivity index (χ2n) is 2.60. The molecule has 0 fully saturated rings. The summed E-state index contributed by atoms with van der Waals surface area (Å²) in [4.78, 5) is 10.7. The maximum absolute atomic E-state index is 12.2. The smallest absolute Gasteiger partial charge is 0.266 e. The zero-order valence-corrected chi connectivity index (χ0v) is 6.95. The monoisotopic (exact) mass is 189 g/mol. The fourth-order valence-corrected chi connectivity index (χ4v) is 0.941. The van der Waals surface area contributed by atoms with Crippen molar-refractivity contribution < 1.29 is 13.6 Å². The van der Waals surface area contributed by atoms with Crippen molar-refractivity contribution >= 4 is 5.91 Å². The van der Waals surface area contributed by atoms with Crippen LogP contribution in [0.5, 0.6) is 0 Å². The number of nitrogens with zero attached hydrogens (tertiary/aromatic N) is 2. The summed E-state index contributed by atoms with van der Waals surface area (Å²) in [5.74, 6) is -0.759. The number of nitrogens with two attached hydrogens (primary N) is 1. The molecule has 0 aliphatic heterocycles. The van der Waals surface area contributed by atoms with E-state index in [1.165, 1.54) is 19.2 Å². The van der Waals surface area contributed by atoms with E-state index in [4.69, 9.17) is 5.73 Å². The normalized spacial score (nSPS) is 13.2. The Morgan fingerprint density at radius 3 is 2.77 bits per heavy atom. The number of carbonyl (C=O) groups is 1. The molecule has 0 spiro atoms. The zero-order chi connectivity index (χ0) is 10.0. The molecule has 2 N–H and O–H groups in total. The number of halogens is 2. The Morgan fingerprint density at radius 2 is 2.31 bits per heavy atom. The highest BCUT2D eigenvalue weighted by atomic mass is 19.3. The van der Waals surface area contributed by atoms with Crippen LogP contribution in [0.1, 0.15) is 23.5 Å². The van der Waals surface area contributed by atoms with Gasteiger partial charge in [0.1, 0.15) is 11.7 Å². The quantitative estimate of drug-likeness (QED) is 0.764. The molecule has 0 bridgehead atoms. The van der Waals surface area contributed by atoms with Gasteiger partial charge >= 0.3 is 0 Å². The van der Waals surface area contributed by atoms with E-state index in [1.807, 2.05) is 0 Å². The average Bonchev–Trinajstić information content (AvgIpc) is 2.50. The van der Waals surface area contributed by atoms with Crippen molar-refractivity contribution in [3.63, 3.8) is 0 Å². The van der Waals surface area contributed by atoms with Crippen molar-refractivity contribution in [2.24, 2.45) is 5.73 Å². The second kappa shape index (κ2) is 3.51. The van der Waals surface area contributed by atoms with Crippen molar-refractivity contribution in [2.45, 2.75) is 19.4 Å².